The van der Waals surface area contributed by atoms with Crippen LogP contribution in [0, 0.1) is 11.8 Å². The Hall–Kier alpha value is -1.04. The van der Waals surface area contributed by atoms with E-state index < -0.39 is 0 Å². The van der Waals surface area contributed by atoms with Gasteiger partial charge in [-0.15, -0.1) is 0 Å². The van der Waals surface area contributed by atoms with Gasteiger partial charge < -0.3 is 0 Å². The van der Waals surface area contributed by atoms with Gasteiger partial charge in [0.15, 0.2) is 0 Å². The lowest BCUT2D eigenvalue weighted by Gasteiger charge is -1.99. The molecule has 0 radical (unpaired) electrons. The molecule has 2 rings (SSSR count). The zero-order chi connectivity index (χ0) is 10.7. The summed E-state index contributed by atoms with van der Waals surface area (Å²) in [7, 11) is 0. The molecule has 0 heteroatoms. The molecule has 0 aromatic heterocycles. The van der Waals surface area contributed by atoms with Gasteiger partial charge in [0.1, 0.15) is 0 Å². The molecular formula is C15H20. The Labute approximate surface area is 93.0 Å². The van der Waals surface area contributed by atoms with E-state index in [1.165, 1.54) is 24.8 Å². The zero-order valence-corrected chi connectivity index (χ0v) is 9.74. The molecule has 0 N–H and O–H groups in total. The van der Waals surface area contributed by atoms with Crippen LogP contribution in [-0.2, 0) is 6.42 Å². The normalized spacial score (nSPS) is 24.1. The molecule has 0 bridgehead atoms. The van der Waals surface area contributed by atoms with Gasteiger partial charge in [0.05, 0.1) is 0 Å². The maximum Gasteiger partial charge on any atom is -0.0125 e. The molecule has 15 heavy (non-hydrogen) atoms. The number of hydrogen-bond acceptors (Lipinski definition) is 0. The van der Waals surface area contributed by atoms with Crippen LogP contribution in [0.25, 0.3) is 0 Å². The standard InChI is InChI=1S/C15H20/c1-3-12(2)9-14-11-15(14)10-13-7-5-4-6-8-13/h4-9,12,15H,3,10-11H2,1-2H3/b14-9-. The lowest BCUT2D eigenvalue weighted by atomic mass is 10.1. The molecule has 0 heterocycles. The fourth-order valence-electron chi connectivity index (χ4n) is 2.01. The van der Waals surface area contributed by atoms with Gasteiger partial charge in [-0.05, 0) is 30.2 Å². The van der Waals surface area contributed by atoms with Crippen LogP contribution in [0.15, 0.2) is 42.0 Å². The van der Waals surface area contributed by atoms with Crippen LogP contribution < -0.4 is 0 Å². The van der Waals surface area contributed by atoms with Crippen molar-refractivity contribution in [2.75, 3.05) is 0 Å². The van der Waals surface area contributed by atoms with E-state index in [2.05, 4.69) is 50.3 Å². The third-order valence-corrected chi connectivity index (χ3v) is 3.31. The number of hydrogen-bond donors (Lipinski definition) is 0. The molecule has 0 spiro atoms. The summed E-state index contributed by atoms with van der Waals surface area (Å²) in [6.07, 6.45) is 6.32. The molecular weight excluding hydrogens is 180 g/mol. The number of rotatable bonds is 4. The third kappa shape index (κ3) is 2.95. The maximum atomic E-state index is 2.48. The largest absolute Gasteiger partial charge is 0.0822 e. The zero-order valence-electron chi connectivity index (χ0n) is 9.74. The molecule has 1 saturated carbocycles. The molecule has 0 aliphatic heterocycles. The van der Waals surface area contributed by atoms with Crippen LogP contribution >= 0.6 is 0 Å². The summed E-state index contributed by atoms with van der Waals surface area (Å²) in [4.78, 5) is 0. The number of benzene rings is 1. The van der Waals surface area contributed by atoms with Crippen molar-refractivity contribution in [3.63, 3.8) is 0 Å². The minimum Gasteiger partial charge on any atom is -0.0822 e. The smallest absolute Gasteiger partial charge is 0.0125 e. The van der Waals surface area contributed by atoms with Crippen molar-refractivity contribution >= 4 is 0 Å². The third-order valence-electron chi connectivity index (χ3n) is 3.31. The Bertz CT molecular complexity index is 334. The Kier molecular flexibility index (Phi) is 3.25. The van der Waals surface area contributed by atoms with Crippen LogP contribution in [0.3, 0.4) is 0 Å². The van der Waals surface area contributed by atoms with Gasteiger partial charge in [0.25, 0.3) is 0 Å². The number of allylic oxidation sites excluding steroid dienone is 2. The molecule has 1 aromatic rings. The average molecular weight is 200 g/mol. The lowest BCUT2D eigenvalue weighted by molar-refractivity contribution is 0.694. The second-order valence-electron chi connectivity index (χ2n) is 4.72. The van der Waals surface area contributed by atoms with E-state index in [1.807, 2.05) is 0 Å². The molecule has 1 fully saturated rings. The molecule has 2 unspecified atom stereocenters. The van der Waals surface area contributed by atoms with Crippen LogP contribution in [0.5, 0.6) is 0 Å². The van der Waals surface area contributed by atoms with E-state index in [4.69, 9.17) is 0 Å². The predicted molar refractivity (Wildman–Crippen MR) is 65.8 cm³/mol. The Morgan fingerprint density at radius 3 is 2.73 bits per heavy atom. The predicted octanol–water partition coefficient (Wildman–Crippen LogP) is 4.22. The molecule has 2 atom stereocenters. The van der Waals surface area contributed by atoms with E-state index >= 15 is 0 Å². The van der Waals surface area contributed by atoms with Gasteiger partial charge in [-0.1, -0.05) is 62.2 Å². The highest BCUT2D eigenvalue weighted by Crippen LogP contribution is 2.41. The van der Waals surface area contributed by atoms with Gasteiger partial charge in [-0.25, -0.2) is 0 Å². The van der Waals surface area contributed by atoms with Crippen LogP contribution in [-0.4, -0.2) is 0 Å². The van der Waals surface area contributed by atoms with Crippen molar-refractivity contribution in [3.05, 3.63) is 47.5 Å². The Morgan fingerprint density at radius 1 is 1.33 bits per heavy atom. The van der Waals surface area contributed by atoms with E-state index in [1.54, 1.807) is 5.57 Å². The van der Waals surface area contributed by atoms with Crippen molar-refractivity contribution in [1.29, 1.82) is 0 Å². The highest BCUT2D eigenvalue weighted by Gasteiger charge is 2.29. The van der Waals surface area contributed by atoms with Gasteiger partial charge in [-0.3, -0.25) is 0 Å². The monoisotopic (exact) mass is 200 g/mol. The fourth-order valence-corrected chi connectivity index (χ4v) is 2.01. The highest BCUT2D eigenvalue weighted by molar-refractivity contribution is 5.28. The van der Waals surface area contributed by atoms with Crippen LogP contribution in [0.2, 0.25) is 0 Å². The second kappa shape index (κ2) is 4.65. The Morgan fingerprint density at radius 2 is 2.07 bits per heavy atom. The summed E-state index contributed by atoms with van der Waals surface area (Å²) in [6.45, 7) is 4.57. The van der Waals surface area contributed by atoms with Crippen molar-refractivity contribution in [1.82, 2.24) is 0 Å². The molecule has 1 aromatic carbocycles. The van der Waals surface area contributed by atoms with E-state index in [-0.39, 0.29) is 0 Å². The first kappa shape index (κ1) is 10.5. The first-order chi connectivity index (χ1) is 7.29. The summed E-state index contributed by atoms with van der Waals surface area (Å²) in [5, 5.41) is 0. The van der Waals surface area contributed by atoms with E-state index in [0.717, 1.165) is 11.8 Å². The van der Waals surface area contributed by atoms with E-state index in [0.29, 0.717) is 0 Å². The highest BCUT2D eigenvalue weighted by atomic mass is 14.3. The van der Waals surface area contributed by atoms with Crippen molar-refractivity contribution in [2.24, 2.45) is 11.8 Å². The van der Waals surface area contributed by atoms with Crippen LogP contribution in [0.1, 0.15) is 32.3 Å². The molecule has 0 amide bonds. The minimum atomic E-state index is 0.765. The molecule has 1 aliphatic carbocycles. The quantitative estimate of drug-likeness (QED) is 0.638. The molecule has 0 nitrogen and oxygen atoms in total. The molecule has 0 saturated heterocycles. The van der Waals surface area contributed by atoms with E-state index in [9.17, 15) is 0 Å². The first-order valence-corrected chi connectivity index (χ1v) is 6.04. The lowest BCUT2D eigenvalue weighted by Crippen LogP contribution is -1.87. The average Bonchev–Trinajstić information content (AvgIpc) is 2.97. The molecule has 1 aliphatic rings. The summed E-state index contributed by atoms with van der Waals surface area (Å²) >= 11 is 0. The van der Waals surface area contributed by atoms with Gasteiger partial charge in [0, 0.05) is 0 Å². The van der Waals surface area contributed by atoms with Gasteiger partial charge >= 0.3 is 0 Å². The van der Waals surface area contributed by atoms with Crippen molar-refractivity contribution < 1.29 is 0 Å². The SMILES string of the molecule is CCC(C)/C=C1/CC1Cc1ccccc1. The topological polar surface area (TPSA) is 0 Å². The Balaban J connectivity index is 1.88. The van der Waals surface area contributed by atoms with Crippen molar-refractivity contribution in [2.45, 2.75) is 33.1 Å². The minimum absolute atomic E-state index is 0.765. The van der Waals surface area contributed by atoms with Crippen molar-refractivity contribution in [3.8, 4) is 0 Å². The molecule has 80 valence electrons. The van der Waals surface area contributed by atoms with Gasteiger partial charge in [0.2, 0.25) is 0 Å². The maximum absolute atomic E-state index is 2.48. The first-order valence-electron chi connectivity index (χ1n) is 6.04. The van der Waals surface area contributed by atoms with Crippen LogP contribution in [0.4, 0.5) is 0 Å². The summed E-state index contributed by atoms with van der Waals surface area (Å²) in [6, 6.07) is 10.8. The summed E-state index contributed by atoms with van der Waals surface area (Å²) in [5.74, 6) is 1.61. The fraction of sp³-hybridized carbons (Fsp3) is 0.467. The summed E-state index contributed by atoms with van der Waals surface area (Å²) < 4.78 is 0. The summed E-state index contributed by atoms with van der Waals surface area (Å²) in [5.41, 5.74) is 3.17. The van der Waals surface area contributed by atoms with Gasteiger partial charge in [-0.2, -0.15) is 0 Å². The second-order valence-corrected chi connectivity index (χ2v) is 4.72.